The maximum absolute atomic E-state index is 12.2. The Morgan fingerprint density at radius 1 is 1.45 bits per heavy atom. The first-order chi connectivity index (χ1) is 9.38. The maximum Gasteiger partial charge on any atom is 0.345 e. The molecule has 2 rings (SSSR count). The summed E-state index contributed by atoms with van der Waals surface area (Å²) in [6.07, 6.45) is 0.622. The average Bonchev–Trinajstić information content (AvgIpc) is 2.83. The minimum absolute atomic E-state index is 0.131. The van der Waals surface area contributed by atoms with Crippen molar-refractivity contribution in [1.29, 1.82) is 0 Å². The first-order valence-electron chi connectivity index (χ1n) is 6.45. The molecule has 1 fully saturated rings. The summed E-state index contributed by atoms with van der Waals surface area (Å²) in [6.45, 7) is 4.13. The molecule has 2 heterocycles. The van der Waals surface area contributed by atoms with E-state index in [4.69, 9.17) is 5.11 Å². The SMILES string of the molecule is Cc1nc(=O)[nH]c(C)c1CC(=O)N1CCC(C(=O)O)C1. The van der Waals surface area contributed by atoms with Gasteiger partial charge in [0.05, 0.1) is 12.3 Å². The number of hydrogen-bond donors (Lipinski definition) is 2. The highest BCUT2D eigenvalue weighted by atomic mass is 16.4. The lowest BCUT2D eigenvalue weighted by Crippen LogP contribution is -2.32. The second kappa shape index (κ2) is 5.44. The van der Waals surface area contributed by atoms with E-state index < -0.39 is 17.6 Å². The molecule has 1 aromatic rings. The van der Waals surface area contributed by atoms with Gasteiger partial charge in [0.15, 0.2) is 0 Å². The van der Waals surface area contributed by atoms with E-state index in [1.165, 1.54) is 0 Å². The number of hydrogen-bond acceptors (Lipinski definition) is 4. The van der Waals surface area contributed by atoms with Gasteiger partial charge in [-0.05, 0) is 20.3 Å². The lowest BCUT2D eigenvalue weighted by atomic mass is 10.1. The molecule has 0 aliphatic carbocycles. The highest BCUT2D eigenvalue weighted by Crippen LogP contribution is 2.18. The van der Waals surface area contributed by atoms with Gasteiger partial charge in [0.1, 0.15) is 0 Å². The van der Waals surface area contributed by atoms with Gasteiger partial charge in [0, 0.05) is 30.0 Å². The molecule has 1 aliphatic rings. The topological polar surface area (TPSA) is 103 Å². The van der Waals surface area contributed by atoms with Crippen molar-refractivity contribution in [3.05, 3.63) is 27.4 Å². The van der Waals surface area contributed by atoms with Crippen LogP contribution in [0.5, 0.6) is 0 Å². The number of likely N-dealkylation sites (tertiary alicyclic amines) is 1. The van der Waals surface area contributed by atoms with Gasteiger partial charge in [-0.1, -0.05) is 0 Å². The second-order valence-corrected chi connectivity index (χ2v) is 5.07. The Morgan fingerprint density at radius 2 is 2.15 bits per heavy atom. The zero-order chi connectivity index (χ0) is 14.9. The van der Waals surface area contributed by atoms with Crippen LogP contribution in [0.15, 0.2) is 4.79 Å². The van der Waals surface area contributed by atoms with Crippen LogP contribution >= 0.6 is 0 Å². The number of amides is 1. The van der Waals surface area contributed by atoms with Crippen molar-refractivity contribution in [3.8, 4) is 0 Å². The largest absolute Gasteiger partial charge is 0.481 e. The minimum atomic E-state index is -0.863. The molecular weight excluding hydrogens is 262 g/mol. The van der Waals surface area contributed by atoms with Crippen LogP contribution in [0.3, 0.4) is 0 Å². The average molecular weight is 279 g/mol. The number of rotatable bonds is 3. The summed E-state index contributed by atoms with van der Waals surface area (Å²) in [4.78, 5) is 42.2. The Kier molecular flexibility index (Phi) is 3.87. The summed E-state index contributed by atoms with van der Waals surface area (Å²) in [5, 5.41) is 8.93. The number of aryl methyl sites for hydroxylation is 2. The van der Waals surface area contributed by atoms with E-state index in [9.17, 15) is 14.4 Å². The molecule has 20 heavy (non-hydrogen) atoms. The third-order valence-corrected chi connectivity index (χ3v) is 3.67. The number of carbonyl (C=O) groups is 2. The minimum Gasteiger partial charge on any atom is -0.481 e. The van der Waals surface area contributed by atoms with Crippen molar-refractivity contribution < 1.29 is 14.7 Å². The molecule has 1 atom stereocenters. The highest BCUT2D eigenvalue weighted by molar-refractivity contribution is 5.81. The van der Waals surface area contributed by atoms with E-state index in [1.807, 2.05) is 0 Å². The van der Waals surface area contributed by atoms with E-state index >= 15 is 0 Å². The summed E-state index contributed by atoms with van der Waals surface area (Å²) in [5.74, 6) is -1.47. The number of nitrogens with one attached hydrogen (secondary N) is 1. The Labute approximate surface area is 115 Å². The monoisotopic (exact) mass is 279 g/mol. The molecule has 7 nitrogen and oxygen atoms in total. The molecule has 1 aromatic heterocycles. The number of aromatic amines is 1. The fourth-order valence-electron chi connectivity index (χ4n) is 2.47. The fourth-order valence-corrected chi connectivity index (χ4v) is 2.47. The first-order valence-corrected chi connectivity index (χ1v) is 6.45. The summed E-state index contributed by atoms with van der Waals surface area (Å²) >= 11 is 0. The molecule has 7 heteroatoms. The predicted octanol–water partition coefficient (Wildman–Crippen LogP) is -0.138. The van der Waals surface area contributed by atoms with Gasteiger partial charge in [0.25, 0.3) is 0 Å². The van der Waals surface area contributed by atoms with Crippen LogP contribution in [0, 0.1) is 19.8 Å². The van der Waals surface area contributed by atoms with Crippen molar-refractivity contribution in [3.63, 3.8) is 0 Å². The molecule has 2 N–H and O–H groups in total. The smallest absolute Gasteiger partial charge is 0.345 e. The van der Waals surface area contributed by atoms with Gasteiger partial charge in [-0.3, -0.25) is 9.59 Å². The molecule has 0 saturated carbocycles. The molecule has 0 radical (unpaired) electrons. The lowest BCUT2D eigenvalue weighted by Gasteiger charge is -2.17. The molecule has 1 aliphatic heterocycles. The van der Waals surface area contributed by atoms with Crippen molar-refractivity contribution in [2.75, 3.05) is 13.1 Å². The summed E-state index contributed by atoms with van der Waals surface area (Å²) in [6, 6.07) is 0. The maximum atomic E-state index is 12.2. The van der Waals surface area contributed by atoms with Crippen molar-refractivity contribution >= 4 is 11.9 Å². The third kappa shape index (κ3) is 2.87. The quantitative estimate of drug-likeness (QED) is 0.801. The Hall–Kier alpha value is -2.18. The van der Waals surface area contributed by atoms with Crippen molar-refractivity contribution in [2.45, 2.75) is 26.7 Å². The highest BCUT2D eigenvalue weighted by Gasteiger charge is 2.31. The summed E-state index contributed by atoms with van der Waals surface area (Å²) in [7, 11) is 0. The summed E-state index contributed by atoms with van der Waals surface area (Å²) in [5.41, 5.74) is 1.44. The number of carboxylic acid groups (broad SMARTS) is 1. The Morgan fingerprint density at radius 3 is 2.70 bits per heavy atom. The Balaban J connectivity index is 2.10. The standard InChI is InChI=1S/C13H17N3O4/c1-7-10(8(2)15-13(20)14-7)5-11(17)16-4-3-9(6-16)12(18)19/h9H,3-6H2,1-2H3,(H,18,19)(H,14,15,20). The van der Waals surface area contributed by atoms with Crippen LogP contribution in [-0.2, 0) is 16.0 Å². The van der Waals surface area contributed by atoms with E-state index in [-0.39, 0.29) is 18.9 Å². The Bertz CT molecular complexity index is 582. The number of carboxylic acids is 1. The zero-order valence-electron chi connectivity index (χ0n) is 11.5. The van der Waals surface area contributed by atoms with Crippen LogP contribution in [0.25, 0.3) is 0 Å². The van der Waals surface area contributed by atoms with E-state index in [0.29, 0.717) is 29.9 Å². The number of H-pyrrole nitrogens is 1. The van der Waals surface area contributed by atoms with Crippen LogP contribution in [-0.4, -0.2) is 44.9 Å². The molecule has 1 saturated heterocycles. The molecule has 0 bridgehead atoms. The second-order valence-electron chi connectivity index (χ2n) is 5.07. The van der Waals surface area contributed by atoms with Gasteiger partial charge < -0.3 is 15.0 Å². The molecule has 108 valence electrons. The van der Waals surface area contributed by atoms with Crippen molar-refractivity contribution in [1.82, 2.24) is 14.9 Å². The van der Waals surface area contributed by atoms with Gasteiger partial charge in [-0.2, -0.15) is 4.98 Å². The van der Waals surface area contributed by atoms with Crippen molar-refractivity contribution in [2.24, 2.45) is 5.92 Å². The number of carbonyl (C=O) groups excluding carboxylic acids is 1. The molecule has 0 spiro atoms. The van der Waals surface area contributed by atoms with E-state index in [2.05, 4.69) is 9.97 Å². The van der Waals surface area contributed by atoms with Gasteiger partial charge in [-0.25, -0.2) is 4.79 Å². The first kappa shape index (κ1) is 14.2. The van der Waals surface area contributed by atoms with Crippen LogP contribution < -0.4 is 5.69 Å². The van der Waals surface area contributed by atoms with Crippen LogP contribution in [0.4, 0.5) is 0 Å². The third-order valence-electron chi connectivity index (χ3n) is 3.67. The number of nitrogens with zero attached hydrogens (tertiary/aromatic N) is 2. The normalized spacial score (nSPS) is 18.3. The lowest BCUT2D eigenvalue weighted by molar-refractivity contribution is -0.141. The van der Waals surface area contributed by atoms with Crippen LogP contribution in [0.1, 0.15) is 23.4 Å². The van der Waals surface area contributed by atoms with Gasteiger partial charge in [-0.15, -0.1) is 0 Å². The molecule has 1 unspecified atom stereocenters. The van der Waals surface area contributed by atoms with Gasteiger partial charge in [0.2, 0.25) is 5.91 Å². The molecular formula is C13H17N3O4. The predicted molar refractivity (Wildman–Crippen MR) is 70.4 cm³/mol. The zero-order valence-corrected chi connectivity index (χ0v) is 11.5. The number of aromatic nitrogens is 2. The van der Waals surface area contributed by atoms with E-state index in [0.717, 1.165) is 0 Å². The van der Waals surface area contributed by atoms with E-state index in [1.54, 1.807) is 18.7 Å². The molecule has 0 aromatic carbocycles. The summed E-state index contributed by atoms with van der Waals surface area (Å²) < 4.78 is 0. The molecule has 1 amide bonds. The van der Waals surface area contributed by atoms with Gasteiger partial charge >= 0.3 is 11.7 Å². The fraction of sp³-hybridized carbons (Fsp3) is 0.538. The number of aliphatic carboxylic acids is 1. The van der Waals surface area contributed by atoms with Crippen LogP contribution in [0.2, 0.25) is 0 Å².